The predicted octanol–water partition coefficient (Wildman–Crippen LogP) is 5.51. The number of hydrogen-bond donors (Lipinski definition) is 3. The average molecular weight is 1510 g/mol. The smallest absolute Gasteiger partial charge is 0.377 e. The van der Waals surface area contributed by atoms with E-state index in [-0.39, 0.29) is 102 Å². The number of amides is 12. The van der Waals surface area contributed by atoms with Gasteiger partial charge in [0.1, 0.15) is 78.3 Å². The maximum Gasteiger partial charge on any atom is 0.397 e. The molecule has 1 spiro atoms. The highest BCUT2D eigenvalue weighted by atomic mass is 19.4. The summed E-state index contributed by atoms with van der Waals surface area (Å²) in [4.78, 5) is 192. The number of carbonyl (C=O) groups excluding carboxylic acids is 12. The third-order valence-corrected chi connectivity index (χ3v) is 24.4. The first-order valence-electron chi connectivity index (χ1n) is 38.5. The molecule has 2 saturated heterocycles. The van der Waals surface area contributed by atoms with Gasteiger partial charge in [-0.25, -0.2) is 13.2 Å². The van der Waals surface area contributed by atoms with Crippen molar-refractivity contribution < 1.29 is 88.6 Å². The minimum absolute atomic E-state index is 0.00254. The van der Waals surface area contributed by atoms with Crippen LogP contribution in [-0.4, -0.2) is 289 Å². The van der Waals surface area contributed by atoms with E-state index >= 15 is 41.9 Å². The van der Waals surface area contributed by atoms with E-state index in [1.54, 1.807) is 26.0 Å². The Kier molecular flexibility index (Phi) is 29.0. The largest absolute Gasteiger partial charge is 0.397 e. The van der Waals surface area contributed by atoms with E-state index in [0.717, 1.165) is 32.4 Å². The van der Waals surface area contributed by atoms with Gasteiger partial charge in [-0.3, -0.25) is 57.5 Å². The van der Waals surface area contributed by atoms with Crippen molar-refractivity contribution in [1.29, 1.82) is 0 Å². The van der Waals surface area contributed by atoms with Crippen molar-refractivity contribution in [2.75, 3.05) is 89.2 Å². The first-order chi connectivity index (χ1) is 49.9. The maximum absolute atomic E-state index is 15.5. The van der Waals surface area contributed by atoms with Crippen LogP contribution < -0.4 is 16.0 Å². The highest BCUT2D eigenvalue weighted by molar-refractivity contribution is 6.01. The summed E-state index contributed by atoms with van der Waals surface area (Å²) in [6.07, 6.45) is -5.77. The Balaban J connectivity index is 1.20. The van der Waals surface area contributed by atoms with Crippen LogP contribution in [0.4, 0.5) is 26.3 Å². The van der Waals surface area contributed by atoms with Crippen LogP contribution >= 0.6 is 0 Å². The van der Waals surface area contributed by atoms with E-state index in [0.29, 0.717) is 44.9 Å². The lowest BCUT2D eigenvalue weighted by molar-refractivity contribution is -0.219. The second-order valence-corrected chi connectivity index (χ2v) is 32.1. The van der Waals surface area contributed by atoms with E-state index < -0.39 is 218 Å². The Morgan fingerprint density at radius 2 is 1.31 bits per heavy atom. The summed E-state index contributed by atoms with van der Waals surface area (Å²) in [5, 5.41) is 8.55. The molecule has 0 aromatic carbocycles. The number of hydrogen-bond acceptors (Lipinski definition) is 13. The number of likely N-dealkylation sites (N-methyl/N-ethyl adjacent to an activating group) is 7. The van der Waals surface area contributed by atoms with Crippen molar-refractivity contribution >= 4 is 70.9 Å². The summed E-state index contributed by atoms with van der Waals surface area (Å²) in [5.74, 6) is -14.3. The molecule has 5 saturated carbocycles. The average Bonchev–Trinajstić information content (AvgIpc) is 1.05. The monoisotopic (exact) mass is 1510 g/mol. The quantitative estimate of drug-likeness (QED) is 0.152. The van der Waals surface area contributed by atoms with Gasteiger partial charge in [-0.15, -0.1) is 0 Å². The fourth-order valence-electron chi connectivity index (χ4n) is 17.2. The first-order valence-corrected chi connectivity index (χ1v) is 38.5. The van der Waals surface area contributed by atoms with Gasteiger partial charge >= 0.3 is 6.18 Å². The van der Waals surface area contributed by atoms with Crippen LogP contribution in [0.2, 0.25) is 0 Å². The number of alkyl halides is 6. The molecule has 25 nitrogen and oxygen atoms in total. The lowest BCUT2D eigenvalue weighted by Crippen LogP contribution is -2.68. The van der Waals surface area contributed by atoms with Crippen LogP contribution in [-0.2, 0) is 62.3 Å². The summed E-state index contributed by atoms with van der Waals surface area (Å²) in [6.45, 7) is 5.53. The Morgan fingerprint density at radius 1 is 0.660 bits per heavy atom. The lowest BCUT2D eigenvalue weighted by atomic mass is 9.74. The van der Waals surface area contributed by atoms with Gasteiger partial charge in [0.25, 0.3) is 0 Å². The highest BCUT2D eigenvalue weighted by Gasteiger charge is 2.56. The number of rotatable bonds is 13. The molecule has 0 radical (unpaired) electrons. The molecule has 596 valence electrons. The molecule has 8 rings (SSSR count). The van der Waals surface area contributed by atoms with Crippen LogP contribution in [0.3, 0.4) is 0 Å². The van der Waals surface area contributed by atoms with Crippen molar-refractivity contribution in [3.8, 4) is 0 Å². The molecule has 3 N–H and O–H groups in total. The third kappa shape index (κ3) is 20.0. The van der Waals surface area contributed by atoms with E-state index in [9.17, 15) is 41.9 Å². The fourth-order valence-corrected chi connectivity index (χ4v) is 17.2. The van der Waals surface area contributed by atoms with Crippen molar-refractivity contribution in [2.45, 2.75) is 260 Å². The first kappa shape index (κ1) is 84.5. The minimum atomic E-state index is -5.19. The van der Waals surface area contributed by atoms with Crippen molar-refractivity contribution in [3.05, 3.63) is 12.2 Å². The zero-order valence-electron chi connectivity index (χ0n) is 64.0. The van der Waals surface area contributed by atoms with Gasteiger partial charge in [0.15, 0.2) is 0 Å². The number of ether oxygens (including phenoxy) is 1. The Labute approximate surface area is 620 Å². The number of fused-ring (bicyclic) bond motifs is 3. The zero-order chi connectivity index (χ0) is 78.1. The van der Waals surface area contributed by atoms with Gasteiger partial charge in [-0.05, 0) is 145 Å². The molecule has 5 aliphatic carbocycles. The molecule has 15 atom stereocenters. The molecule has 106 heavy (non-hydrogen) atoms. The number of nitrogens with one attached hydrogen (secondary N) is 3. The minimum Gasteiger partial charge on any atom is -0.377 e. The summed E-state index contributed by atoms with van der Waals surface area (Å²) >= 11 is 0. The Bertz CT molecular complexity index is 3200. The van der Waals surface area contributed by atoms with E-state index in [1.165, 1.54) is 80.9 Å². The summed E-state index contributed by atoms with van der Waals surface area (Å²) in [5.41, 5.74) is -1.66. The molecule has 0 aromatic rings. The molecule has 2 bridgehead atoms. The van der Waals surface area contributed by atoms with E-state index in [4.69, 9.17) is 4.74 Å². The van der Waals surface area contributed by atoms with Gasteiger partial charge in [-0.2, -0.15) is 13.2 Å². The Morgan fingerprint density at radius 3 is 1.90 bits per heavy atom. The molecule has 3 aliphatic heterocycles. The number of nitrogens with zero attached hydrogens (tertiary/aromatic N) is 9. The molecule has 31 heteroatoms. The maximum atomic E-state index is 15.5. The van der Waals surface area contributed by atoms with E-state index in [2.05, 4.69) is 16.0 Å². The summed E-state index contributed by atoms with van der Waals surface area (Å²) in [6, 6.07) is -10.8. The zero-order valence-corrected chi connectivity index (χ0v) is 64.0. The highest BCUT2D eigenvalue weighted by Crippen LogP contribution is 2.45. The molecule has 0 aromatic heterocycles. The van der Waals surface area contributed by atoms with Gasteiger partial charge in [0.2, 0.25) is 70.9 Å². The van der Waals surface area contributed by atoms with Crippen molar-refractivity contribution in [1.82, 2.24) is 60.0 Å². The van der Waals surface area contributed by atoms with Crippen LogP contribution in [0.25, 0.3) is 0 Å². The van der Waals surface area contributed by atoms with Crippen LogP contribution in [0, 0.1) is 41.4 Å². The molecule has 8 aliphatic rings. The normalized spacial score (nSPS) is 33.5. The SMILES string of the molecule is CCO[C@@H]1C[C@H]2C(=O)NC3(CCC3)C(=O)N(C)[C@@H](C3CCCC3)C(=O)N(C)[C@H](C(=O)N(C)C)CC(=O)N(C)[C@@H](CC3CC3)C(=O)N[C@@H]([C@@H](C)CC)C(=O)N(C)CC(=O)N(C)[C@H]3C/C=C\CCN(C3=O)[C@@H](CC3CCC(F)CC3C)C(=O)N(C)CC(=O)N[C@@H](CCC3CC(F)C(C(F)(F)F)C(F)C3)C(=O)N2C1. The molecular weight excluding hydrogens is 1390 g/mol. The number of carbonyl (C=O) groups is 12. The summed E-state index contributed by atoms with van der Waals surface area (Å²) in [7, 11) is 11.2. The summed E-state index contributed by atoms with van der Waals surface area (Å²) < 4.78 is 93.9. The molecule has 7 fully saturated rings. The van der Waals surface area contributed by atoms with Crippen LogP contribution in [0.5, 0.6) is 0 Å². The van der Waals surface area contributed by atoms with E-state index in [1.807, 2.05) is 13.8 Å². The second-order valence-electron chi connectivity index (χ2n) is 32.1. The van der Waals surface area contributed by atoms with Crippen LogP contribution in [0.1, 0.15) is 175 Å². The fraction of sp³-hybridized carbons (Fsp3) is 0.813. The van der Waals surface area contributed by atoms with Crippen molar-refractivity contribution in [3.63, 3.8) is 0 Å². The molecule has 5 unspecified atom stereocenters. The second kappa shape index (κ2) is 36.4. The number of halogens is 6. The van der Waals surface area contributed by atoms with Crippen molar-refractivity contribution in [2.24, 2.45) is 41.4 Å². The van der Waals surface area contributed by atoms with Gasteiger partial charge in [-0.1, -0.05) is 65.0 Å². The van der Waals surface area contributed by atoms with Gasteiger partial charge < -0.3 is 64.8 Å². The third-order valence-electron chi connectivity index (χ3n) is 24.4. The van der Waals surface area contributed by atoms with Gasteiger partial charge in [0, 0.05) is 82.5 Å². The van der Waals surface area contributed by atoms with Crippen LogP contribution in [0.15, 0.2) is 12.2 Å². The van der Waals surface area contributed by atoms with Gasteiger partial charge in [0.05, 0.1) is 25.6 Å². The lowest BCUT2D eigenvalue weighted by Gasteiger charge is -2.46. The molecule has 12 amide bonds. The topological polar surface area (TPSA) is 279 Å². The Hall–Kier alpha value is -7.08. The standard InChI is InChI=1S/C75H116F6N12O13/c1-13-43(3)63-71(103)87(8)42-61(96)88(9)54-23-16-15-19-32-92(70(54)102)58(37-48-27-28-49(76)33-44(48)4)69(101)86(7)41-59(94)82-53(29-26-46-34-51(77)62(52(78)35-46)75(79,80)81)67(99)93-40-50(106-14-2)38-56(93)66(98)84-74(30-20-31-74)73(105)91(12)64(47-21-17-18-22-47)72(104)90(11)57(68(100)85(5)6)39-60(95)89(10)55(65(97)83-63)36-45-24-25-45/h15-16,43-58,62-64H,13-14,17-42H2,1-12H3,(H,82,94)(H,83,97)(H,84,98)/b16-15-/t43-,44?,46?,48?,49?,50+,51?,52?,53-,54-,55-,56-,57-,58-,62?,63-,64-/m0/s1. The molecule has 3 heterocycles. The predicted molar refractivity (Wildman–Crippen MR) is 379 cm³/mol. The molecular formula is C75H116F6N12O13.